The summed E-state index contributed by atoms with van der Waals surface area (Å²) in [4.78, 5) is 21.8. The van der Waals surface area contributed by atoms with Crippen molar-refractivity contribution in [1.82, 2.24) is 14.5 Å². The summed E-state index contributed by atoms with van der Waals surface area (Å²) in [6, 6.07) is 10.4. The van der Waals surface area contributed by atoms with Crippen molar-refractivity contribution in [2.75, 3.05) is 42.1 Å². The number of thioether (sulfide) groups is 1. The molecule has 146 valence electrons. The minimum atomic E-state index is -0.241. The van der Waals surface area contributed by atoms with E-state index in [-0.39, 0.29) is 5.91 Å². The van der Waals surface area contributed by atoms with Gasteiger partial charge in [-0.25, -0.2) is 4.98 Å². The molecule has 1 fully saturated rings. The van der Waals surface area contributed by atoms with Crippen molar-refractivity contribution in [2.45, 2.75) is 31.6 Å². The number of hydrogen-bond donors (Lipinski definition) is 1. The highest BCUT2D eigenvalue weighted by molar-refractivity contribution is 7.99. The quantitative estimate of drug-likeness (QED) is 0.856. The molecule has 1 aromatic heterocycles. The van der Waals surface area contributed by atoms with Gasteiger partial charge in [0.05, 0.1) is 0 Å². The number of fused-ring (bicyclic) bond motifs is 1. The Morgan fingerprint density at radius 3 is 2.54 bits per heavy atom. The number of nitriles is 1. The lowest BCUT2D eigenvalue weighted by molar-refractivity contribution is 0.102. The van der Waals surface area contributed by atoms with E-state index in [1.807, 2.05) is 28.8 Å². The van der Waals surface area contributed by atoms with Gasteiger partial charge in [-0.15, -0.1) is 0 Å². The van der Waals surface area contributed by atoms with Crippen LogP contribution in [0.3, 0.4) is 0 Å². The van der Waals surface area contributed by atoms with Gasteiger partial charge in [0.1, 0.15) is 6.07 Å². The van der Waals surface area contributed by atoms with E-state index >= 15 is 0 Å². The summed E-state index contributed by atoms with van der Waals surface area (Å²) in [5.41, 5.74) is 2.12. The highest BCUT2D eigenvalue weighted by atomic mass is 32.2. The highest BCUT2D eigenvalue weighted by Crippen LogP contribution is 2.30. The lowest BCUT2D eigenvalue weighted by atomic mass is 10.1. The molecule has 28 heavy (non-hydrogen) atoms. The predicted molar refractivity (Wildman–Crippen MR) is 111 cm³/mol. The van der Waals surface area contributed by atoms with Crippen LogP contribution in [0.1, 0.15) is 29.9 Å². The third kappa shape index (κ3) is 3.60. The maximum Gasteiger partial charge on any atom is 0.256 e. The largest absolute Gasteiger partial charge is 0.369 e. The fourth-order valence-corrected chi connectivity index (χ4v) is 4.63. The van der Waals surface area contributed by atoms with E-state index in [0.29, 0.717) is 23.1 Å². The van der Waals surface area contributed by atoms with Crippen molar-refractivity contribution in [3.05, 3.63) is 35.5 Å². The van der Waals surface area contributed by atoms with Gasteiger partial charge in [0.15, 0.2) is 16.7 Å². The molecule has 2 aliphatic heterocycles. The van der Waals surface area contributed by atoms with Gasteiger partial charge in [-0.2, -0.15) is 5.26 Å². The highest BCUT2D eigenvalue weighted by Gasteiger charge is 2.23. The van der Waals surface area contributed by atoms with E-state index in [1.165, 1.54) is 0 Å². The molecule has 8 heteroatoms. The minimum absolute atomic E-state index is 0.241. The average Bonchev–Trinajstić information content (AvgIpc) is 3.29. The number of hydrogen-bond acceptors (Lipinski definition) is 6. The molecule has 0 bridgehead atoms. The molecule has 2 aliphatic rings. The molecular weight excluding hydrogens is 372 g/mol. The summed E-state index contributed by atoms with van der Waals surface area (Å²) in [6.07, 6.45) is 0. The number of aromatic nitrogens is 2. The molecule has 7 nitrogen and oxygen atoms in total. The van der Waals surface area contributed by atoms with Crippen LogP contribution in [0.25, 0.3) is 0 Å². The van der Waals surface area contributed by atoms with Gasteiger partial charge in [0, 0.05) is 55.8 Å². The van der Waals surface area contributed by atoms with Crippen LogP contribution in [0.2, 0.25) is 0 Å². The first-order valence-corrected chi connectivity index (χ1v) is 10.6. The van der Waals surface area contributed by atoms with Crippen LogP contribution in [-0.4, -0.2) is 58.3 Å². The molecule has 0 unspecified atom stereocenters. The van der Waals surface area contributed by atoms with Crippen molar-refractivity contribution >= 4 is 29.2 Å². The summed E-state index contributed by atoms with van der Waals surface area (Å²) in [7, 11) is 0. The number of rotatable bonds is 4. The molecule has 1 amide bonds. The zero-order valence-corrected chi connectivity index (χ0v) is 17.0. The van der Waals surface area contributed by atoms with Crippen LogP contribution < -0.4 is 10.2 Å². The molecular formula is C20H24N6OS. The first-order chi connectivity index (χ1) is 13.6. The summed E-state index contributed by atoms with van der Waals surface area (Å²) in [5.74, 6) is 1.02. The molecule has 0 aliphatic carbocycles. The number of imidazole rings is 1. The average molecular weight is 397 g/mol. The summed E-state index contributed by atoms with van der Waals surface area (Å²) < 4.78 is 1.86. The van der Waals surface area contributed by atoms with Crippen molar-refractivity contribution in [1.29, 1.82) is 5.26 Å². The third-order valence-electron chi connectivity index (χ3n) is 5.36. The minimum Gasteiger partial charge on any atom is -0.369 e. The van der Waals surface area contributed by atoms with E-state index < -0.39 is 0 Å². The Kier molecular flexibility index (Phi) is 5.29. The van der Waals surface area contributed by atoms with Crippen LogP contribution in [0.15, 0.2) is 29.4 Å². The van der Waals surface area contributed by atoms with E-state index in [1.54, 1.807) is 11.8 Å². The number of benzene rings is 1. The first-order valence-electron chi connectivity index (χ1n) is 9.60. The Balaban J connectivity index is 1.42. The number of amides is 1. The number of nitrogens with one attached hydrogen (secondary N) is 1. The molecule has 0 atom stereocenters. The van der Waals surface area contributed by atoms with E-state index in [2.05, 4.69) is 40.0 Å². The second kappa shape index (κ2) is 7.86. The van der Waals surface area contributed by atoms with Gasteiger partial charge in [-0.1, -0.05) is 11.8 Å². The number of anilines is 2. The second-order valence-corrected chi connectivity index (χ2v) is 8.38. The maximum absolute atomic E-state index is 12.6. The predicted octanol–water partition coefficient (Wildman–Crippen LogP) is 2.64. The maximum atomic E-state index is 12.6. The fraction of sp³-hybridized carbons (Fsp3) is 0.450. The third-order valence-corrected chi connectivity index (χ3v) is 6.31. The van der Waals surface area contributed by atoms with Crippen LogP contribution in [0.4, 0.5) is 11.5 Å². The van der Waals surface area contributed by atoms with Crippen LogP contribution in [0.5, 0.6) is 0 Å². The van der Waals surface area contributed by atoms with Gasteiger partial charge in [0.2, 0.25) is 0 Å². The Morgan fingerprint density at radius 2 is 1.89 bits per heavy atom. The molecule has 4 rings (SSSR count). The lowest BCUT2D eigenvalue weighted by Crippen LogP contribution is -2.48. The van der Waals surface area contributed by atoms with Crippen molar-refractivity contribution in [3.8, 4) is 6.07 Å². The second-order valence-electron chi connectivity index (χ2n) is 7.32. The Morgan fingerprint density at radius 1 is 1.18 bits per heavy atom. The monoisotopic (exact) mass is 396 g/mol. The van der Waals surface area contributed by atoms with Crippen molar-refractivity contribution in [3.63, 3.8) is 0 Å². The molecule has 2 aromatic rings. The Hall–Kier alpha value is -2.50. The van der Waals surface area contributed by atoms with E-state index in [9.17, 15) is 10.1 Å². The van der Waals surface area contributed by atoms with Crippen LogP contribution >= 0.6 is 11.8 Å². The summed E-state index contributed by atoms with van der Waals surface area (Å²) >= 11 is 1.60. The van der Waals surface area contributed by atoms with E-state index in [0.717, 1.165) is 49.3 Å². The number of carbonyl (C=O) groups excluding carboxylic acids is 1. The summed E-state index contributed by atoms with van der Waals surface area (Å²) in [6.45, 7) is 9.31. The number of carbonyl (C=O) groups is 1. The molecule has 0 radical (unpaired) electrons. The van der Waals surface area contributed by atoms with Crippen molar-refractivity contribution in [2.24, 2.45) is 0 Å². The standard InChI is InChI=1S/C20H24N6OS/c1-14(2)24-7-9-25(10-8-24)16-5-3-15(4-6-16)19(27)22-18-17(13-21)26-11-12-28-20(26)23-18/h3-6,14H,7-12H2,1-2H3,(H,22,27). The molecule has 1 N–H and O–H groups in total. The molecule has 1 aromatic carbocycles. The smallest absolute Gasteiger partial charge is 0.256 e. The topological polar surface area (TPSA) is 77.2 Å². The zero-order chi connectivity index (χ0) is 19.7. The summed E-state index contributed by atoms with van der Waals surface area (Å²) in [5, 5.41) is 13.0. The van der Waals surface area contributed by atoms with Gasteiger partial charge >= 0.3 is 0 Å². The normalized spacial score (nSPS) is 16.9. The molecule has 3 heterocycles. The van der Waals surface area contributed by atoms with Gasteiger partial charge in [0.25, 0.3) is 5.91 Å². The van der Waals surface area contributed by atoms with E-state index in [4.69, 9.17) is 0 Å². The van der Waals surface area contributed by atoms with Gasteiger partial charge in [-0.3, -0.25) is 9.69 Å². The zero-order valence-electron chi connectivity index (χ0n) is 16.2. The van der Waals surface area contributed by atoms with Gasteiger partial charge in [-0.05, 0) is 38.1 Å². The first kappa shape index (κ1) is 18.8. The number of nitrogens with zero attached hydrogens (tertiary/aromatic N) is 5. The van der Waals surface area contributed by atoms with Gasteiger partial charge < -0.3 is 14.8 Å². The molecule has 0 spiro atoms. The Labute approximate surface area is 169 Å². The molecule has 0 saturated carbocycles. The molecule has 1 saturated heterocycles. The van der Waals surface area contributed by atoms with Crippen LogP contribution in [0, 0.1) is 11.3 Å². The van der Waals surface area contributed by atoms with Crippen LogP contribution in [-0.2, 0) is 6.54 Å². The SMILES string of the molecule is CC(C)N1CCN(c2ccc(C(=O)Nc3nc4n(c3C#N)CCS4)cc2)CC1. The lowest BCUT2D eigenvalue weighted by Gasteiger charge is -2.38. The Bertz CT molecular complexity index is 906. The fourth-order valence-electron chi connectivity index (χ4n) is 3.68. The number of piperazine rings is 1. The van der Waals surface area contributed by atoms with Crippen molar-refractivity contribution < 1.29 is 4.79 Å².